The zero-order chi connectivity index (χ0) is 12.3. The smallest absolute Gasteiger partial charge is 0.248 e. The lowest BCUT2D eigenvalue weighted by Crippen LogP contribution is -2.40. The van der Waals surface area contributed by atoms with Crippen LogP contribution < -0.4 is 10.5 Å². The van der Waals surface area contributed by atoms with Gasteiger partial charge in [-0.15, -0.1) is 0 Å². The maximum absolute atomic E-state index is 11.6. The summed E-state index contributed by atoms with van der Waals surface area (Å²) in [6.07, 6.45) is 0. The predicted molar refractivity (Wildman–Crippen MR) is 63.6 cm³/mol. The number of benzene rings is 1. The highest BCUT2D eigenvalue weighted by Gasteiger charge is 2.18. The van der Waals surface area contributed by atoms with Crippen molar-refractivity contribution in [3.05, 3.63) is 23.8 Å². The Kier molecular flexibility index (Phi) is 3.49. The van der Waals surface area contributed by atoms with Gasteiger partial charge in [0.1, 0.15) is 12.4 Å². The third kappa shape index (κ3) is 2.68. The highest BCUT2D eigenvalue weighted by molar-refractivity contribution is 5.78. The Morgan fingerprint density at radius 1 is 1.53 bits per heavy atom. The number of carbonyl (C=O) groups is 1. The van der Waals surface area contributed by atoms with Crippen LogP contribution in [0.5, 0.6) is 5.75 Å². The van der Waals surface area contributed by atoms with Crippen molar-refractivity contribution in [1.82, 2.24) is 4.90 Å². The maximum Gasteiger partial charge on any atom is 0.248 e. The first kappa shape index (κ1) is 11.7. The van der Waals surface area contributed by atoms with E-state index < -0.39 is 0 Å². The molecule has 0 bridgehead atoms. The highest BCUT2D eigenvalue weighted by Crippen LogP contribution is 2.22. The largest absolute Gasteiger partial charge is 0.495 e. The van der Waals surface area contributed by atoms with Gasteiger partial charge in [-0.3, -0.25) is 4.79 Å². The third-order valence-corrected chi connectivity index (χ3v) is 2.75. The standard InChI is InChI=1S/C12H16N2O3/c1-16-11-3-2-9(6-10(11)13)7-14-4-5-17-8-12(14)15/h2-3,6H,4-5,7-8,13H2,1H3. The number of ether oxygens (including phenoxy) is 2. The number of nitrogen functional groups attached to an aromatic ring is 1. The number of nitrogens with zero attached hydrogens (tertiary/aromatic N) is 1. The number of amides is 1. The number of rotatable bonds is 3. The van der Waals surface area contributed by atoms with E-state index in [0.29, 0.717) is 31.1 Å². The Morgan fingerprint density at radius 3 is 3.00 bits per heavy atom. The summed E-state index contributed by atoms with van der Waals surface area (Å²) < 4.78 is 10.2. The van der Waals surface area contributed by atoms with E-state index in [0.717, 1.165) is 5.56 Å². The average molecular weight is 236 g/mol. The summed E-state index contributed by atoms with van der Waals surface area (Å²) in [6, 6.07) is 5.56. The van der Waals surface area contributed by atoms with Gasteiger partial charge in [0, 0.05) is 13.1 Å². The molecule has 0 spiro atoms. The first-order valence-corrected chi connectivity index (χ1v) is 5.48. The number of anilines is 1. The van der Waals surface area contributed by atoms with Crippen molar-refractivity contribution in [3.8, 4) is 5.75 Å². The Morgan fingerprint density at radius 2 is 2.35 bits per heavy atom. The van der Waals surface area contributed by atoms with E-state index in [1.807, 2.05) is 18.2 Å². The van der Waals surface area contributed by atoms with Crippen molar-refractivity contribution >= 4 is 11.6 Å². The molecular weight excluding hydrogens is 220 g/mol. The second-order valence-corrected chi connectivity index (χ2v) is 3.94. The van der Waals surface area contributed by atoms with Crippen LogP contribution in [0.2, 0.25) is 0 Å². The van der Waals surface area contributed by atoms with E-state index in [2.05, 4.69) is 0 Å². The fourth-order valence-electron chi connectivity index (χ4n) is 1.82. The number of carbonyl (C=O) groups excluding carboxylic acids is 1. The van der Waals surface area contributed by atoms with Crippen LogP contribution >= 0.6 is 0 Å². The Labute approximate surface area is 100 Å². The summed E-state index contributed by atoms with van der Waals surface area (Å²) >= 11 is 0. The fraction of sp³-hybridized carbons (Fsp3) is 0.417. The average Bonchev–Trinajstić information content (AvgIpc) is 2.32. The SMILES string of the molecule is COc1ccc(CN2CCOCC2=O)cc1N. The topological polar surface area (TPSA) is 64.8 Å². The second-order valence-electron chi connectivity index (χ2n) is 3.94. The molecule has 0 aromatic heterocycles. The van der Waals surface area contributed by atoms with Gasteiger partial charge in [0.05, 0.1) is 19.4 Å². The minimum atomic E-state index is 0.0191. The summed E-state index contributed by atoms with van der Waals surface area (Å²) in [5.74, 6) is 0.674. The van der Waals surface area contributed by atoms with Gasteiger partial charge in [-0.25, -0.2) is 0 Å². The minimum absolute atomic E-state index is 0.0191. The summed E-state index contributed by atoms with van der Waals surface area (Å²) in [5, 5.41) is 0. The fourth-order valence-corrected chi connectivity index (χ4v) is 1.82. The predicted octanol–water partition coefficient (Wildman–Crippen LogP) is 0.636. The molecule has 2 N–H and O–H groups in total. The van der Waals surface area contributed by atoms with Crippen molar-refractivity contribution in [1.29, 1.82) is 0 Å². The Hall–Kier alpha value is -1.75. The number of hydrogen-bond acceptors (Lipinski definition) is 4. The van der Waals surface area contributed by atoms with Crippen LogP contribution in [-0.4, -0.2) is 37.7 Å². The third-order valence-electron chi connectivity index (χ3n) is 2.75. The van der Waals surface area contributed by atoms with Crippen LogP contribution in [0, 0.1) is 0 Å². The van der Waals surface area contributed by atoms with Gasteiger partial charge in [-0.05, 0) is 17.7 Å². The quantitative estimate of drug-likeness (QED) is 0.782. The number of hydrogen-bond donors (Lipinski definition) is 1. The lowest BCUT2D eigenvalue weighted by molar-refractivity contribution is -0.143. The molecule has 5 nitrogen and oxygen atoms in total. The molecule has 92 valence electrons. The van der Waals surface area contributed by atoms with Gasteiger partial charge in [0.15, 0.2) is 0 Å². The van der Waals surface area contributed by atoms with Crippen LogP contribution in [-0.2, 0) is 16.1 Å². The van der Waals surface area contributed by atoms with Crippen molar-refractivity contribution in [2.45, 2.75) is 6.54 Å². The molecule has 0 radical (unpaired) electrons. The van der Waals surface area contributed by atoms with E-state index in [-0.39, 0.29) is 12.5 Å². The zero-order valence-electron chi connectivity index (χ0n) is 9.81. The summed E-state index contributed by atoms with van der Waals surface area (Å²) in [6.45, 7) is 1.96. The van der Waals surface area contributed by atoms with Gasteiger partial charge in [-0.1, -0.05) is 6.07 Å². The molecule has 0 unspecified atom stereocenters. The molecule has 0 saturated carbocycles. The number of nitrogens with two attached hydrogens (primary N) is 1. The van der Waals surface area contributed by atoms with Crippen LogP contribution in [0.1, 0.15) is 5.56 Å². The Balaban J connectivity index is 2.07. The van der Waals surface area contributed by atoms with Gasteiger partial charge in [0.2, 0.25) is 5.91 Å². The van der Waals surface area contributed by atoms with Crippen LogP contribution in [0.3, 0.4) is 0 Å². The van der Waals surface area contributed by atoms with Gasteiger partial charge < -0.3 is 20.1 Å². The molecule has 1 heterocycles. The summed E-state index contributed by atoms with van der Waals surface area (Å²) in [7, 11) is 1.58. The van der Waals surface area contributed by atoms with E-state index in [9.17, 15) is 4.79 Å². The highest BCUT2D eigenvalue weighted by atomic mass is 16.5. The van der Waals surface area contributed by atoms with Gasteiger partial charge in [0.25, 0.3) is 0 Å². The number of methoxy groups -OCH3 is 1. The normalized spacial score (nSPS) is 16.1. The first-order chi connectivity index (χ1) is 8.20. The lowest BCUT2D eigenvalue weighted by Gasteiger charge is -2.27. The van der Waals surface area contributed by atoms with E-state index in [1.54, 1.807) is 12.0 Å². The van der Waals surface area contributed by atoms with Crippen LogP contribution in [0.25, 0.3) is 0 Å². The molecule has 1 aliphatic rings. The monoisotopic (exact) mass is 236 g/mol. The molecule has 1 aromatic rings. The van der Waals surface area contributed by atoms with E-state index in [4.69, 9.17) is 15.2 Å². The van der Waals surface area contributed by atoms with Crippen molar-refractivity contribution in [2.75, 3.05) is 32.6 Å². The van der Waals surface area contributed by atoms with E-state index >= 15 is 0 Å². The van der Waals surface area contributed by atoms with E-state index in [1.165, 1.54) is 0 Å². The van der Waals surface area contributed by atoms with Gasteiger partial charge >= 0.3 is 0 Å². The summed E-state index contributed by atoms with van der Waals surface area (Å²) in [5.41, 5.74) is 7.41. The molecule has 17 heavy (non-hydrogen) atoms. The number of morpholine rings is 1. The summed E-state index contributed by atoms with van der Waals surface area (Å²) in [4.78, 5) is 13.3. The molecule has 1 saturated heterocycles. The Bertz CT molecular complexity index is 420. The maximum atomic E-state index is 11.6. The van der Waals surface area contributed by atoms with Gasteiger partial charge in [-0.2, -0.15) is 0 Å². The molecule has 0 atom stereocenters. The molecule has 1 aromatic carbocycles. The molecule has 1 aliphatic heterocycles. The lowest BCUT2D eigenvalue weighted by atomic mass is 10.1. The molecule has 0 aliphatic carbocycles. The van der Waals surface area contributed by atoms with Crippen molar-refractivity contribution in [2.24, 2.45) is 0 Å². The van der Waals surface area contributed by atoms with Crippen LogP contribution in [0.15, 0.2) is 18.2 Å². The molecule has 5 heteroatoms. The first-order valence-electron chi connectivity index (χ1n) is 5.48. The zero-order valence-corrected chi connectivity index (χ0v) is 9.81. The minimum Gasteiger partial charge on any atom is -0.495 e. The molecule has 2 rings (SSSR count). The molecule has 1 fully saturated rings. The molecular formula is C12H16N2O3. The van der Waals surface area contributed by atoms with Crippen LogP contribution in [0.4, 0.5) is 5.69 Å². The molecule has 1 amide bonds. The van der Waals surface area contributed by atoms with Crippen molar-refractivity contribution in [3.63, 3.8) is 0 Å². The second kappa shape index (κ2) is 5.05. The van der Waals surface area contributed by atoms with Crippen molar-refractivity contribution < 1.29 is 14.3 Å².